The molecule has 0 saturated heterocycles. The Kier molecular flexibility index (Phi) is 3.72. The van der Waals surface area contributed by atoms with Crippen molar-refractivity contribution < 1.29 is 0 Å². The van der Waals surface area contributed by atoms with Crippen molar-refractivity contribution in [3.05, 3.63) is 86.1 Å². The summed E-state index contributed by atoms with van der Waals surface area (Å²) >= 11 is 0. The minimum atomic E-state index is -0.394. The normalized spacial score (nSPS) is 18.3. The lowest BCUT2D eigenvalue weighted by Gasteiger charge is -2.35. The third-order valence-corrected chi connectivity index (χ3v) is 5.61. The number of hydrogen-bond donors (Lipinski definition) is 1. The van der Waals surface area contributed by atoms with Crippen LogP contribution in [0.5, 0.6) is 0 Å². The Labute approximate surface area is 152 Å². The monoisotopic (exact) mass is 346 g/mol. The summed E-state index contributed by atoms with van der Waals surface area (Å²) in [5.74, 6) is 0. The van der Waals surface area contributed by atoms with E-state index < -0.39 is 5.69 Å². The summed E-state index contributed by atoms with van der Waals surface area (Å²) in [6, 6.07) is 15.5. The lowest BCUT2D eigenvalue weighted by atomic mass is 9.69. The number of hydrogen-bond acceptors (Lipinski definition) is 2. The number of aromatic amines is 1. The van der Waals surface area contributed by atoms with Crippen molar-refractivity contribution in [3.8, 4) is 16.9 Å². The molecule has 3 aromatic rings. The molecule has 0 fully saturated rings. The Morgan fingerprint density at radius 3 is 2.62 bits per heavy atom. The van der Waals surface area contributed by atoms with Crippen molar-refractivity contribution in [1.82, 2.24) is 9.55 Å². The van der Waals surface area contributed by atoms with Gasteiger partial charge in [-0.2, -0.15) is 0 Å². The second-order valence-electron chi connectivity index (χ2n) is 7.41. The second-order valence-corrected chi connectivity index (χ2v) is 7.41. The van der Waals surface area contributed by atoms with Crippen LogP contribution in [0.25, 0.3) is 16.9 Å². The first-order chi connectivity index (χ1) is 12.4. The fourth-order valence-corrected chi connectivity index (χ4v) is 4.03. The number of nitrogens with zero attached hydrogens (tertiary/aromatic N) is 1. The summed E-state index contributed by atoms with van der Waals surface area (Å²) in [4.78, 5) is 29.3. The molecule has 4 heteroatoms. The van der Waals surface area contributed by atoms with Gasteiger partial charge in [-0.25, -0.2) is 9.36 Å². The van der Waals surface area contributed by atoms with E-state index >= 15 is 0 Å². The van der Waals surface area contributed by atoms with Crippen LogP contribution in [0.1, 0.15) is 37.0 Å². The molecule has 0 saturated carbocycles. The number of aromatic nitrogens is 2. The predicted octanol–water partition coefficient (Wildman–Crippen LogP) is 3.73. The summed E-state index contributed by atoms with van der Waals surface area (Å²) in [5, 5.41) is 0. The van der Waals surface area contributed by atoms with Gasteiger partial charge in [-0.15, -0.1) is 0 Å². The lowest BCUT2D eigenvalue weighted by molar-refractivity contribution is 0.437. The van der Waals surface area contributed by atoms with E-state index in [1.165, 1.54) is 10.1 Å². The molecule has 0 aliphatic heterocycles. The van der Waals surface area contributed by atoms with Gasteiger partial charge in [0.2, 0.25) is 0 Å². The highest BCUT2D eigenvalue weighted by Gasteiger charge is 2.37. The number of rotatable bonds is 2. The van der Waals surface area contributed by atoms with Gasteiger partial charge in [-0.05, 0) is 43.0 Å². The van der Waals surface area contributed by atoms with E-state index in [-0.39, 0.29) is 11.0 Å². The SMILES string of the molecule is CC[C@@]1(C)Cc2ccccc2-c2[nH]c(=O)n(-c3cccc(C)c3)c(=O)c21. The van der Waals surface area contributed by atoms with Crippen LogP contribution in [-0.4, -0.2) is 9.55 Å². The standard InChI is InChI=1S/C22H22N2O2/c1-4-22(3)13-15-9-5-6-11-17(15)19-18(22)20(25)24(21(26)23-19)16-10-7-8-14(2)12-16/h5-12H,4,13H2,1-3H3,(H,23,26)/t22-/m0/s1. The third kappa shape index (κ3) is 2.37. The molecule has 1 aromatic heterocycles. The molecule has 0 radical (unpaired) electrons. The quantitative estimate of drug-likeness (QED) is 0.769. The van der Waals surface area contributed by atoms with E-state index in [1.54, 1.807) is 6.07 Å². The smallest absolute Gasteiger partial charge is 0.306 e. The zero-order valence-corrected chi connectivity index (χ0v) is 15.3. The fourth-order valence-electron chi connectivity index (χ4n) is 4.03. The number of nitrogens with one attached hydrogen (secondary N) is 1. The first-order valence-electron chi connectivity index (χ1n) is 9.00. The molecule has 0 amide bonds. The van der Waals surface area contributed by atoms with Gasteiger partial charge in [0.05, 0.1) is 11.4 Å². The first-order valence-corrected chi connectivity index (χ1v) is 9.00. The Morgan fingerprint density at radius 2 is 1.88 bits per heavy atom. The van der Waals surface area contributed by atoms with E-state index in [4.69, 9.17) is 0 Å². The highest BCUT2D eigenvalue weighted by Crippen LogP contribution is 2.41. The Bertz CT molecular complexity index is 1120. The molecule has 132 valence electrons. The average molecular weight is 346 g/mol. The van der Waals surface area contributed by atoms with Gasteiger partial charge >= 0.3 is 5.69 Å². The van der Waals surface area contributed by atoms with Crippen LogP contribution in [0.3, 0.4) is 0 Å². The van der Waals surface area contributed by atoms with Crippen LogP contribution >= 0.6 is 0 Å². The maximum Gasteiger partial charge on any atom is 0.333 e. The van der Waals surface area contributed by atoms with Gasteiger partial charge < -0.3 is 4.98 Å². The molecule has 0 unspecified atom stereocenters. The Morgan fingerprint density at radius 1 is 1.12 bits per heavy atom. The molecule has 26 heavy (non-hydrogen) atoms. The molecular formula is C22H22N2O2. The largest absolute Gasteiger partial charge is 0.333 e. The Hall–Kier alpha value is -2.88. The highest BCUT2D eigenvalue weighted by atomic mass is 16.2. The predicted molar refractivity (Wildman–Crippen MR) is 104 cm³/mol. The minimum absolute atomic E-state index is 0.215. The van der Waals surface area contributed by atoms with E-state index in [2.05, 4.69) is 24.9 Å². The molecule has 1 atom stereocenters. The topological polar surface area (TPSA) is 54.9 Å². The number of H-pyrrole nitrogens is 1. The lowest BCUT2D eigenvalue weighted by Crippen LogP contribution is -2.44. The average Bonchev–Trinajstić information content (AvgIpc) is 2.61. The van der Waals surface area contributed by atoms with Gasteiger partial charge in [0.1, 0.15) is 0 Å². The fraction of sp³-hybridized carbons (Fsp3) is 0.273. The minimum Gasteiger partial charge on any atom is -0.306 e. The van der Waals surface area contributed by atoms with E-state index in [9.17, 15) is 9.59 Å². The molecule has 1 N–H and O–H groups in total. The van der Waals surface area contributed by atoms with E-state index in [1.807, 2.05) is 43.3 Å². The van der Waals surface area contributed by atoms with Crippen LogP contribution in [0, 0.1) is 6.92 Å². The van der Waals surface area contributed by atoms with E-state index in [0.29, 0.717) is 16.9 Å². The molecule has 0 bridgehead atoms. The molecular weight excluding hydrogens is 324 g/mol. The summed E-state index contributed by atoms with van der Waals surface area (Å²) in [5.41, 5.74) is 4.21. The third-order valence-electron chi connectivity index (χ3n) is 5.61. The van der Waals surface area contributed by atoms with Crippen molar-refractivity contribution in [2.75, 3.05) is 0 Å². The number of aryl methyl sites for hydroxylation is 1. The van der Waals surface area contributed by atoms with Crippen molar-refractivity contribution >= 4 is 0 Å². The molecule has 0 spiro atoms. The maximum absolute atomic E-state index is 13.5. The van der Waals surface area contributed by atoms with Gasteiger partial charge in [0.25, 0.3) is 5.56 Å². The Balaban J connectivity index is 2.10. The van der Waals surface area contributed by atoms with Gasteiger partial charge in [0, 0.05) is 16.5 Å². The summed E-state index contributed by atoms with van der Waals surface area (Å²) in [6.07, 6.45) is 1.62. The summed E-state index contributed by atoms with van der Waals surface area (Å²) < 4.78 is 1.27. The number of fused-ring (bicyclic) bond motifs is 3. The number of benzene rings is 2. The van der Waals surface area contributed by atoms with Crippen LogP contribution in [0.4, 0.5) is 0 Å². The highest BCUT2D eigenvalue weighted by molar-refractivity contribution is 5.71. The van der Waals surface area contributed by atoms with Crippen LogP contribution < -0.4 is 11.2 Å². The first kappa shape index (κ1) is 16.6. The van der Waals surface area contributed by atoms with Crippen molar-refractivity contribution in [3.63, 3.8) is 0 Å². The van der Waals surface area contributed by atoms with E-state index in [0.717, 1.165) is 24.0 Å². The van der Waals surface area contributed by atoms with Crippen molar-refractivity contribution in [2.24, 2.45) is 0 Å². The summed E-state index contributed by atoms with van der Waals surface area (Å²) in [7, 11) is 0. The zero-order valence-electron chi connectivity index (χ0n) is 15.3. The van der Waals surface area contributed by atoms with Crippen LogP contribution in [0.15, 0.2) is 58.1 Å². The van der Waals surface area contributed by atoms with Gasteiger partial charge in [-0.1, -0.05) is 50.2 Å². The zero-order chi connectivity index (χ0) is 18.5. The maximum atomic E-state index is 13.5. The molecule has 1 heterocycles. The molecule has 1 aliphatic rings. The van der Waals surface area contributed by atoms with Gasteiger partial charge in [-0.3, -0.25) is 4.79 Å². The van der Waals surface area contributed by atoms with Crippen molar-refractivity contribution in [1.29, 1.82) is 0 Å². The molecule has 4 rings (SSSR count). The van der Waals surface area contributed by atoms with Crippen LogP contribution in [-0.2, 0) is 11.8 Å². The van der Waals surface area contributed by atoms with Gasteiger partial charge in [0.15, 0.2) is 0 Å². The molecule has 1 aliphatic carbocycles. The molecule has 4 nitrogen and oxygen atoms in total. The second kappa shape index (κ2) is 5.84. The summed E-state index contributed by atoms with van der Waals surface area (Å²) in [6.45, 7) is 6.16. The molecule has 2 aromatic carbocycles. The van der Waals surface area contributed by atoms with Crippen LogP contribution in [0.2, 0.25) is 0 Å². The van der Waals surface area contributed by atoms with Crippen molar-refractivity contribution in [2.45, 2.75) is 39.0 Å².